The van der Waals surface area contributed by atoms with Crippen molar-refractivity contribution in [2.75, 3.05) is 5.32 Å². The van der Waals surface area contributed by atoms with Gasteiger partial charge in [0.25, 0.3) is 5.91 Å². The lowest BCUT2D eigenvalue weighted by molar-refractivity contribution is 0.102. The number of hydrogen-bond acceptors (Lipinski definition) is 2. The summed E-state index contributed by atoms with van der Waals surface area (Å²) >= 11 is 12.1. The molecular weight excluding hydrogens is 333 g/mol. The van der Waals surface area contributed by atoms with E-state index in [1.165, 1.54) is 0 Å². The number of nitrogens with zero attached hydrogens (tertiary/aromatic N) is 2. The van der Waals surface area contributed by atoms with Crippen molar-refractivity contribution in [2.24, 2.45) is 0 Å². The molecule has 0 saturated heterocycles. The van der Waals surface area contributed by atoms with E-state index >= 15 is 0 Å². The van der Waals surface area contributed by atoms with Crippen LogP contribution in [0.15, 0.2) is 42.6 Å². The Kier molecular flexibility index (Phi) is 4.55. The van der Waals surface area contributed by atoms with Crippen LogP contribution in [-0.4, -0.2) is 15.3 Å². The van der Waals surface area contributed by atoms with Crippen molar-refractivity contribution in [2.45, 2.75) is 19.8 Å². The van der Waals surface area contributed by atoms with Gasteiger partial charge in [-0.25, -0.2) is 4.98 Å². The fourth-order valence-electron chi connectivity index (χ4n) is 2.47. The summed E-state index contributed by atoms with van der Waals surface area (Å²) in [5.41, 5.74) is 2.53. The van der Waals surface area contributed by atoms with Gasteiger partial charge in [0.2, 0.25) is 0 Å². The minimum absolute atomic E-state index is 0.253. The average Bonchev–Trinajstić information content (AvgIpc) is 2.89. The number of imidazole rings is 1. The van der Waals surface area contributed by atoms with Crippen molar-refractivity contribution >= 4 is 40.4 Å². The highest BCUT2D eigenvalue weighted by molar-refractivity contribution is 6.35. The van der Waals surface area contributed by atoms with Crippen molar-refractivity contribution in [3.63, 3.8) is 0 Å². The van der Waals surface area contributed by atoms with Crippen LogP contribution in [0.4, 0.5) is 5.69 Å². The number of fused-ring (bicyclic) bond motifs is 1. The van der Waals surface area contributed by atoms with Crippen LogP contribution in [0.1, 0.15) is 29.5 Å². The third-order valence-electron chi connectivity index (χ3n) is 3.48. The standard InChI is InChI=1S/C17H15Cl2N3O/c1-2-5-13-16(22-9-4-3-6-15(22)20-13)17(23)21-14-10-11(18)7-8-12(14)19/h3-4,6-10H,2,5H2,1H3,(H,21,23). The van der Waals surface area contributed by atoms with Crippen LogP contribution in [0, 0.1) is 0 Å². The normalized spacial score (nSPS) is 10.9. The molecule has 0 aliphatic rings. The Morgan fingerprint density at radius 3 is 2.87 bits per heavy atom. The van der Waals surface area contributed by atoms with Crippen LogP contribution < -0.4 is 5.32 Å². The van der Waals surface area contributed by atoms with Crippen LogP contribution >= 0.6 is 23.2 Å². The van der Waals surface area contributed by atoms with Crippen LogP contribution in [0.5, 0.6) is 0 Å². The average molecular weight is 348 g/mol. The van der Waals surface area contributed by atoms with Crippen molar-refractivity contribution < 1.29 is 4.79 Å². The molecule has 2 aromatic heterocycles. The molecule has 2 heterocycles. The van der Waals surface area contributed by atoms with Gasteiger partial charge in [0, 0.05) is 11.2 Å². The molecule has 3 rings (SSSR count). The summed E-state index contributed by atoms with van der Waals surface area (Å²) in [6.07, 6.45) is 3.46. The zero-order chi connectivity index (χ0) is 16.4. The topological polar surface area (TPSA) is 46.4 Å². The number of anilines is 1. The number of benzene rings is 1. The number of hydrogen-bond donors (Lipinski definition) is 1. The fraction of sp³-hybridized carbons (Fsp3) is 0.176. The van der Waals surface area contributed by atoms with Gasteiger partial charge in [0.1, 0.15) is 11.3 Å². The third kappa shape index (κ3) is 3.19. The number of carbonyl (C=O) groups excluding carboxylic acids is 1. The van der Waals surface area contributed by atoms with Gasteiger partial charge < -0.3 is 5.32 Å². The number of amides is 1. The third-order valence-corrected chi connectivity index (χ3v) is 4.05. The predicted octanol–water partition coefficient (Wildman–Crippen LogP) is 4.85. The number of halogens is 2. The molecule has 1 N–H and O–H groups in total. The lowest BCUT2D eigenvalue weighted by Gasteiger charge is -2.09. The molecule has 0 bridgehead atoms. The maximum Gasteiger partial charge on any atom is 0.274 e. The van der Waals surface area contributed by atoms with Crippen molar-refractivity contribution in [3.05, 3.63) is 64.0 Å². The van der Waals surface area contributed by atoms with E-state index in [2.05, 4.69) is 17.2 Å². The van der Waals surface area contributed by atoms with Gasteiger partial charge in [-0.15, -0.1) is 0 Å². The molecule has 0 fully saturated rings. The molecule has 118 valence electrons. The summed E-state index contributed by atoms with van der Waals surface area (Å²) < 4.78 is 1.79. The van der Waals surface area contributed by atoms with Crippen LogP contribution in [0.25, 0.3) is 5.65 Å². The van der Waals surface area contributed by atoms with Crippen molar-refractivity contribution in [3.8, 4) is 0 Å². The van der Waals surface area contributed by atoms with Crippen molar-refractivity contribution in [1.82, 2.24) is 9.38 Å². The Morgan fingerprint density at radius 2 is 2.09 bits per heavy atom. The summed E-state index contributed by atoms with van der Waals surface area (Å²) in [6.45, 7) is 2.06. The van der Waals surface area contributed by atoms with Crippen LogP contribution in [0.3, 0.4) is 0 Å². The maximum absolute atomic E-state index is 12.8. The molecule has 1 aromatic carbocycles. The van der Waals surface area contributed by atoms with E-state index in [0.29, 0.717) is 21.4 Å². The molecule has 3 aromatic rings. The van der Waals surface area contributed by atoms with Gasteiger partial charge in [-0.2, -0.15) is 0 Å². The molecule has 0 spiro atoms. The first-order valence-corrected chi connectivity index (χ1v) is 8.08. The van der Waals surface area contributed by atoms with E-state index in [9.17, 15) is 4.79 Å². The maximum atomic E-state index is 12.8. The summed E-state index contributed by atoms with van der Waals surface area (Å²) in [5, 5.41) is 3.78. The van der Waals surface area contributed by atoms with Crippen molar-refractivity contribution in [1.29, 1.82) is 0 Å². The van der Waals surface area contributed by atoms with E-state index in [0.717, 1.165) is 24.2 Å². The zero-order valence-corrected chi connectivity index (χ0v) is 14.0. The SMILES string of the molecule is CCCc1nc2ccccn2c1C(=O)Nc1cc(Cl)ccc1Cl. The van der Waals surface area contributed by atoms with Crippen LogP contribution in [0.2, 0.25) is 10.0 Å². The first-order valence-electron chi connectivity index (χ1n) is 7.32. The van der Waals surface area contributed by atoms with Crippen LogP contribution in [-0.2, 0) is 6.42 Å². The molecule has 23 heavy (non-hydrogen) atoms. The highest BCUT2D eigenvalue weighted by Crippen LogP contribution is 2.26. The Morgan fingerprint density at radius 1 is 1.26 bits per heavy atom. The van der Waals surface area contributed by atoms with Gasteiger partial charge in [0.15, 0.2) is 0 Å². The summed E-state index contributed by atoms with van der Waals surface area (Å²) in [6, 6.07) is 10.6. The predicted molar refractivity (Wildman–Crippen MR) is 93.6 cm³/mol. The number of pyridine rings is 1. The Hall–Kier alpha value is -2.04. The second kappa shape index (κ2) is 6.60. The molecule has 6 heteroatoms. The molecule has 0 radical (unpaired) electrons. The number of nitrogens with one attached hydrogen (secondary N) is 1. The van der Waals surface area contributed by atoms with Gasteiger partial charge in [0.05, 0.1) is 16.4 Å². The minimum Gasteiger partial charge on any atom is -0.319 e. The lowest BCUT2D eigenvalue weighted by Crippen LogP contribution is -2.16. The molecule has 4 nitrogen and oxygen atoms in total. The first-order chi connectivity index (χ1) is 11.1. The second-order valence-corrected chi connectivity index (χ2v) is 6.01. The monoisotopic (exact) mass is 347 g/mol. The molecular formula is C17H15Cl2N3O. The largest absolute Gasteiger partial charge is 0.319 e. The highest BCUT2D eigenvalue weighted by Gasteiger charge is 2.19. The van der Waals surface area contributed by atoms with Gasteiger partial charge in [-0.1, -0.05) is 42.6 Å². The lowest BCUT2D eigenvalue weighted by atomic mass is 10.2. The zero-order valence-electron chi connectivity index (χ0n) is 12.5. The molecule has 0 aliphatic heterocycles. The number of rotatable bonds is 4. The van der Waals surface area contributed by atoms with E-state index < -0.39 is 0 Å². The van der Waals surface area contributed by atoms with E-state index in [4.69, 9.17) is 23.2 Å². The molecule has 0 unspecified atom stereocenters. The van der Waals surface area contributed by atoms with Gasteiger partial charge in [-0.3, -0.25) is 9.20 Å². The number of aryl methyl sites for hydroxylation is 1. The fourth-order valence-corrected chi connectivity index (χ4v) is 2.81. The minimum atomic E-state index is -0.253. The smallest absolute Gasteiger partial charge is 0.274 e. The van der Waals surface area contributed by atoms with E-state index in [1.54, 1.807) is 22.6 Å². The highest BCUT2D eigenvalue weighted by atomic mass is 35.5. The second-order valence-electron chi connectivity index (χ2n) is 5.16. The molecule has 0 atom stereocenters. The Labute approximate surface area is 144 Å². The Balaban J connectivity index is 2.03. The first kappa shape index (κ1) is 15.8. The number of aromatic nitrogens is 2. The molecule has 1 amide bonds. The van der Waals surface area contributed by atoms with Gasteiger partial charge >= 0.3 is 0 Å². The summed E-state index contributed by atoms with van der Waals surface area (Å²) in [4.78, 5) is 17.3. The van der Waals surface area contributed by atoms with E-state index in [1.807, 2.05) is 24.4 Å². The summed E-state index contributed by atoms with van der Waals surface area (Å²) in [7, 11) is 0. The summed E-state index contributed by atoms with van der Waals surface area (Å²) in [5.74, 6) is -0.253. The molecule has 0 aliphatic carbocycles. The number of carbonyl (C=O) groups is 1. The molecule has 0 saturated carbocycles. The van der Waals surface area contributed by atoms with Gasteiger partial charge in [-0.05, 0) is 36.8 Å². The Bertz CT molecular complexity index is 873. The quantitative estimate of drug-likeness (QED) is 0.733. The van der Waals surface area contributed by atoms with E-state index in [-0.39, 0.29) is 5.91 Å².